The van der Waals surface area contributed by atoms with Gasteiger partial charge in [-0.25, -0.2) is 0 Å². The van der Waals surface area contributed by atoms with Gasteiger partial charge in [0.15, 0.2) is 5.76 Å². The third-order valence-corrected chi connectivity index (χ3v) is 4.69. The molecule has 24 heavy (non-hydrogen) atoms. The summed E-state index contributed by atoms with van der Waals surface area (Å²) in [6.45, 7) is -0.348. The molecule has 1 aromatic heterocycles. The molecule has 3 rings (SSSR count). The van der Waals surface area contributed by atoms with Crippen LogP contribution < -0.4 is 0 Å². The minimum Gasteiger partial charge on any atom is -0.508 e. The number of aromatic hydroxyl groups is 1. The van der Waals surface area contributed by atoms with Crippen molar-refractivity contribution in [3.05, 3.63) is 63.6 Å². The second-order valence-electron chi connectivity index (χ2n) is 5.29. The normalized spacial score (nSPS) is 17.6. The van der Waals surface area contributed by atoms with Gasteiger partial charge in [-0.15, -0.1) is 11.3 Å². The third kappa shape index (κ3) is 2.68. The quantitative estimate of drug-likeness (QED) is 0.720. The second kappa shape index (κ2) is 6.46. The van der Waals surface area contributed by atoms with Gasteiger partial charge in [0.05, 0.1) is 23.1 Å². The van der Waals surface area contributed by atoms with Gasteiger partial charge in [0.2, 0.25) is 5.78 Å². The number of hydrogen-bond donors (Lipinski definition) is 3. The topological polar surface area (TPSA) is 98.1 Å². The van der Waals surface area contributed by atoms with E-state index in [9.17, 15) is 24.9 Å². The average molecular weight is 345 g/mol. The molecule has 0 aliphatic carbocycles. The number of benzene rings is 1. The highest BCUT2D eigenvalue weighted by molar-refractivity contribution is 7.12. The number of thiophene rings is 1. The number of hydrogen-bond acceptors (Lipinski definition) is 6. The lowest BCUT2D eigenvalue weighted by atomic mass is 9.95. The number of phenols is 1. The standard InChI is InChI=1S/C17H15NO5S/c19-7-6-18-14(10-3-1-4-11(20)9-10)13(16(22)17(18)23)15(21)12-5-2-8-24-12/h1-5,8-9,14,19-20,22H,6-7H2. The smallest absolute Gasteiger partial charge is 0.290 e. The molecular formula is C17H15NO5S. The van der Waals surface area contributed by atoms with E-state index in [0.717, 1.165) is 0 Å². The molecular weight excluding hydrogens is 330 g/mol. The Balaban J connectivity index is 2.12. The van der Waals surface area contributed by atoms with Gasteiger partial charge in [0.25, 0.3) is 5.91 Å². The Kier molecular flexibility index (Phi) is 4.37. The number of carbonyl (C=O) groups excluding carboxylic acids is 2. The van der Waals surface area contributed by atoms with Gasteiger partial charge in [-0.05, 0) is 29.1 Å². The summed E-state index contributed by atoms with van der Waals surface area (Å²) in [4.78, 5) is 26.7. The van der Waals surface area contributed by atoms with Crippen molar-refractivity contribution < 1.29 is 24.9 Å². The molecule has 0 saturated carbocycles. The number of rotatable bonds is 5. The molecule has 1 atom stereocenters. The molecule has 1 amide bonds. The first kappa shape index (κ1) is 16.2. The summed E-state index contributed by atoms with van der Waals surface area (Å²) in [5.41, 5.74) is 0.447. The number of amides is 1. The van der Waals surface area contributed by atoms with Gasteiger partial charge in [0.1, 0.15) is 5.75 Å². The van der Waals surface area contributed by atoms with Gasteiger partial charge in [0, 0.05) is 6.54 Å². The fourth-order valence-corrected chi connectivity index (χ4v) is 3.48. The molecule has 0 radical (unpaired) electrons. The number of aliphatic hydroxyl groups excluding tert-OH is 2. The van der Waals surface area contributed by atoms with Crippen LogP contribution in [0.4, 0.5) is 0 Å². The summed E-state index contributed by atoms with van der Waals surface area (Å²) in [5, 5.41) is 30.9. The van der Waals surface area contributed by atoms with Crippen molar-refractivity contribution in [3.63, 3.8) is 0 Å². The van der Waals surface area contributed by atoms with Crippen LogP contribution in [-0.4, -0.2) is 45.1 Å². The van der Waals surface area contributed by atoms with Crippen LogP contribution in [0.3, 0.4) is 0 Å². The molecule has 2 heterocycles. The summed E-state index contributed by atoms with van der Waals surface area (Å²) in [7, 11) is 0. The maximum Gasteiger partial charge on any atom is 0.290 e. The lowest BCUT2D eigenvalue weighted by molar-refractivity contribution is -0.129. The van der Waals surface area contributed by atoms with Crippen LogP contribution in [0.5, 0.6) is 5.75 Å². The van der Waals surface area contributed by atoms with Gasteiger partial charge in [-0.3, -0.25) is 9.59 Å². The van der Waals surface area contributed by atoms with E-state index in [1.165, 1.54) is 28.4 Å². The lowest BCUT2D eigenvalue weighted by Crippen LogP contribution is -2.33. The Morgan fingerprint density at radius 3 is 2.62 bits per heavy atom. The molecule has 1 aliphatic heterocycles. The monoisotopic (exact) mass is 345 g/mol. The minimum atomic E-state index is -0.855. The largest absolute Gasteiger partial charge is 0.508 e. The second-order valence-corrected chi connectivity index (χ2v) is 6.24. The summed E-state index contributed by atoms with van der Waals surface area (Å²) in [6.07, 6.45) is 0. The Hall–Kier alpha value is -2.64. The molecule has 0 fully saturated rings. The first-order valence-electron chi connectivity index (χ1n) is 7.26. The van der Waals surface area contributed by atoms with E-state index in [-0.39, 0.29) is 24.5 Å². The van der Waals surface area contributed by atoms with Crippen molar-refractivity contribution in [2.75, 3.05) is 13.2 Å². The maximum atomic E-state index is 12.8. The fraction of sp³-hybridized carbons (Fsp3) is 0.176. The van der Waals surface area contributed by atoms with Gasteiger partial charge in [-0.1, -0.05) is 18.2 Å². The fourth-order valence-electron chi connectivity index (χ4n) is 2.81. The van der Waals surface area contributed by atoms with E-state index in [2.05, 4.69) is 0 Å². The zero-order chi connectivity index (χ0) is 17.3. The molecule has 1 unspecified atom stereocenters. The molecule has 6 nitrogen and oxygen atoms in total. The van der Waals surface area contributed by atoms with Crippen LogP contribution in [0.2, 0.25) is 0 Å². The molecule has 1 aliphatic rings. The van der Waals surface area contributed by atoms with Crippen LogP contribution >= 0.6 is 11.3 Å². The molecule has 1 aromatic carbocycles. The molecule has 3 N–H and O–H groups in total. The molecule has 0 spiro atoms. The Morgan fingerprint density at radius 2 is 2.00 bits per heavy atom. The van der Waals surface area contributed by atoms with Crippen LogP contribution in [-0.2, 0) is 4.79 Å². The van der Waals surface area contributed by atoms with E-state index >= 15 is 0 Å². The molecule has 2 aromatic rings. The lowest BCUT2D eigenvalue weighted by Gasteiger charge is -2.26. The average Bonchev–Trinajstić information content (AvgIpc) is 3.17. The Labute approximate surface area is 141 Å². The summed E-state index contributed by atoms with van der Waals surface area (Å²) in [5.74, 6) is -1.78. The minimum absolute atomic E-state index is 0.0155. The summed E-state index contributed by atoms with van der Waals surface area (Å²) >= 11 is 1.21. The maximum absolute atomic E-state index is 12.8. The highest BCUT2D eigenvalue weighted by Gasteiger charge is 2.43. The van der Waals surface area contributed by atoms with E-state index in [4.69, 9.17) is 0 Å². The molecule has 7 heteroatoms. The predicted octanol–water partition coefficient (Wildman–Crippen LogP) is 2.02. The van der Waals surface area contributed by atoms with Crippen LogP contribution in [0.25, 0.3) is 0 Å². The number of nitrogens with zero attached hydrogens (tertiary/aromatic N) is 1. The van der Waals surface area contributed by atoms with Gasteiger partial charge >= 0.3 is 0 Å². The zero-order valence-electron chi connectivity index (χ0n) is 12.5. The van der Waals surface area contributed by atoms with Gasteiger partial charge < -0.3 is 20.2 Å². The Morgan fingerprint density at radius 1 is 1.21 bits per heavy atom. The highest BCUT2D eigenvalue weighted by Crippen LogP contribution is 2.39. The molecule has 0 bridgehead atoms. The van der Waals surface area contributed by atoms with Crippen molar-refractivity contribution in [2.45, 2.75) is 6.04 Å². The van der Waals surface area contributed by atoms with Crippen LogP contribution in [0.15, 0.2) is 53.1 Å². The van der Waals surface area contributed by atoms with Crippen molar-refractivity contribution in [1.29, 1.82) is 0 Å². The van der Waals surface area contributed by atoms with Crippen molar-refractivity contribution in [1.82, 2.24) is 4.90 Å². The summed E-state index contributed by atoms with van der Waals surface area (Å²) in [6, 6.07) is 8.62. The molecule has 0 saturated heterocycles. The van der Waals surface area contributed by atoms with Crippen molar-refractivity contribution in [2.24, 2.45) is 0 Å². The van der Waals surface area contributed by atoms with Crippen LogP contribution in [0, 0.1) is 0 Å². The van der Waals surface area contributed by atoms with Gasteiger partial charge in [-0.2, -0.15) is 0 Å². The third-order valence-electron chi connectivity index (χ3n) is 3.82. The zero-order valence-corrected chi connectivity index (χ0v) is 13.4. The first-order valence-corrected chi connectivity index (χ1v) is 8.14. The van der Waals surface area contributed by atoms with E-state index in [1.807, 2.05) is 0 Å². The SMILES string of the molecule is O=C(C1=C(O)C(=O)N(CCO)C1c1cccc(O)c1)c1cccs1. The van der Waals surface area contributed by atoms with Crippen molar-refractivity contribution >= 4 is 23.0 Å². The summed E-state index contributed by atoms with van der Waals surface area (Å²) < 4.78 is 0. The number of carbonyl (C=O) groups is 2. The van der Waals surface area contributed by atoms with Crippen LogP contribution in [0.1, 0.15) is 21.3 Å². The number of aliphatic hydroxyl groups is 2. The first-order chi connectivity index (χ1) is 11.5. The number of phenolic OH excluding ortho intramolecular Hbond substituents is 1. The number of ketones is 1. The Bertz CT molecular complexity index is 812. The predicted molar refractivity (Wildman–Crippen MR) is 88.0 cm³/mol. The number of Topliss-reactive ketones (excluding diaryl/α,β-unsaturated/α-hetero) is 1. The number of β-amino-alcohol motifs (C(OH)–C–C–N with tert-alkyl or cyclic N) is 1. The van der Waals surface area contributed by atoms with E-state index in [1.54, 1.807) is 29.6 Å². The van der Waals surface area contributed by atoms with E-state index < -0.39 is 23.5 Å². The van der Waals surface area contributed by atoms with Crippen molar-refractivity contribution in [3.8, 4) is 5.75 Å². The molecule has 124 valence electrons. The van der Waals surface area contributed by atoms with E-state index in [0.29, 0.717) is 10.4 Å². The highest BCUT2D eigenvalue weighted by atomic mass is 32.1.